The van der Waals surface area contributed by atoms with Crippen LogP contribution in [0.5, 0.6) is 0 Å². The first kappa shape index (κ1) is 14.2. The van der Waals surface area contributed by atoms with E-state index in [4.69, 9.17) is 0 Å². The van der Waals surface area contributed by atoms with Crippen LogP contribution in [0.4, 0.5) is 5.69 Å². The van der Waals surface area contributed by atoms with Gasteiger partial charge in [-0.05, 0) is 37.6 Å². The summed E-state index contributed by atoms with van der Waals surface area (Å²) in [5, 5.41) is 15.9. The van der Waals surface area contributed by atoms with Crippen molar-refractivity contribution in [3.63, 3.8) is 0 Å². The molecule has 0 bridgehead atoms. The van der Waals surface area contributed by atoms with Crippen molar-refractivity contribution in [2.24, 2.45) is 0 Å². The predicted molar refractivity (Wildman–Crippen MR) is 77.5 cm³/mol. The van der Waals surface area contributed by atoms with Crippen LogP contribution in [-0.4, -0.2) is 27.9 Å². The highest BCUT2D eigenvalue weighted by molar-refractivity contribution is 6.02. The first-order valence-corrected chi connectivity index (χ1v) is 6.71. The second-order valence-electron chi connectivity index (χ2n) is 4.61. The van der Waals surface area contributed by atoms with Crippen molar-refractivity contribution in [1.82, 2.24) is 20.7 Å². The first-order chi connectivity index (χ1) is 9.70. The largest absolute Gasteiger partial charge is 0.321 e. The number of hydrogen-bond donors (Lipinski definition) is 3. The summed E-state index contributed by atoms with van der Waals surface area (Å²) in [6.07, 6.45) is 2.50. The molecule has 0 radical (unpaired) electrons. The molecule has 2 aromatic rings. The van der Waals surface area contributed by atoms with Gasteiger partial charge in [0.25, 0.3) is 5.91 Å². The van der Waals surface area contributed by atoms with Crippen LogP contribution in [0.1, 0.15) is 42.4 Å². The third-order valence-corrected chi connectivity index (χ3v) is 3.02. The number of amides is 1. The molecule has 0 saturated heterocycles. The van der Waals surface area contributed by atoms with Crippen LogP contribution in [0, 0.1) is 0 Å². The zero-order chi connectivity index (χ0) is 14.4. The fourth-order valence-corrected chi connectivity index (χ4v) is 1.84. The maximum Gasteiger partial charge on any atom is 0.277 e. The Hall–Kier alpha value is -2.21. The molecule has 20 heavy (non-hydrogen) atoms. The predicted octanol–water partition coefficient (Wildman–Crippen LogP) is 2.12. The van der Waals surface area contributed by atoms with Crippen molar-refractivity contribution in [2.75, 3.05) is 11.9 Å². The topological polar surface area (TPSA) is 82.7 Å². The summed E-state index contributed by atoms with van der Waals surface area (Å²) in [6.45, 7) is 5.26. The smallest absolute Gasteiger partial charge is 0.277 e. The van der Waals surface area contributed by atoms with Crippen molar-refractivity contribution < 1.29 is 4.79 Å². The lowest BCUT2D eigenvalue weighted by atomic mass is 10.1. The van der Waals surface area contributed by atoms with Gasteiger partial charge < -0.3 is 10.6 Å². The Bertz CT molecular complexity index is 535. The Morgan fingerprint density at radius 1 is 1.35 bits per heavy atom. The molecule has 0 saturated carbocycles. The zero-order valence-corrected chi connectivity index (χ0v) is 11.7. The van der Waals surface area contributed by atoms with Gasteiger partial charge in [0.05, 0.1) is 6.20 Å². The summed E-state index contributed by atoms with van der Waals surface area (Å²) in [5.41, 5.74) is 2.20. The van der Waals surface area contributed by atoms with Crippen LogP contribution >= 0.6 is 0 Å². The number of carbonyl (C=O) groups excluding carboxylic acids is 1. The highest BCUT2D eigenvalue weighted by Gasteiger charge is 2.09. The molecule has 6 nitrogen and oxygen atoms in total. The number of hydrogen-bond acceptors (Lipinski definition) is 4. The summed E-state index contributed by atoms with van der Waals surface area (Å²) in [5.74, 6) is -0.274. The quantitative estimate of drug-likeness (QED) is 0.753. The van der Waals surface area contributed by atoms with Crippen molar-refractivity contribution in [1.29, 1.82) is 0 Å². The van der Waals surface area contributed by atoms with Gasteiger partial charge in [-0.25, -0.2) is 0 Å². The minimum atomic E-state index is -0.274. The minimum absolute atomic E-state index is 0.270. The van der Waals surface area contributed by atoms with Crippen LogP contribution in [0.3, 0.4) is 0 Å². The molecule has 0 aliphatic heterocycles. The summed E-state index contributed by atoms with van der Waals surface area (Å²) >= 11 is 0. The molecule has 1 aromatic carbocycles. The monoisotopic (exact) mass is 273 g/mol. The average Bonchev–Trinajstić information content (AvgIpc) is 3.00. The molecular weight excluding hydrogens is 254 g/mol. The number of nitrogens with one attached hydrogen (secondary N) is 3. The Kier molecular flexibility index (Phi) is 4.84. The summed E-state index contributed by atoms with van der Waals surface area (Å²) < 4.78 is 0. The van der Waals surface area contributed by atoms with E-state index >= 15 is 0 Å². The fourth-order valence-electron chi connectivity index (χ4n) is 1.84. The average molecular weight is 273 g/mol. The Balaban J connectivity index is 1.96. The summed E-state index contributed by atoms with van der Waals surface area (Å²) in [7, 11) is 0. The van der Waals surface area contributed by atoms with E-state index < -0.39 is 0 Å². The zero-order valence-electron chi connectivity index (χ0n) is 11.7. The maximum atomic E-state index is 11.8. The van der Waals surface area contributed by atoms with Gasteiger partial charge in [0, 0.05) is 11.7 Å². The number of anilines is 1. The van der Waals surface area contributed by atoms with Gasteiger partial charge in [0.1, 0.15) is 0 Å². The summed E-state index contributed by atoms with van der Waals surface area (Å²) in [6, 6.07) is 8.09. The van der Waals surface area contributed by atoms with Crippen molar-refractivity contribution >= 4 is 11.6 Å². The van der Waals surface area contributed by atoms with Crippen molar-refractivity contribution in [2.45, 2.75) is 26.3 Å². The molecule has 1 amide bonds. The number of nitrogens with zero attached hydrogens (tertiary/aromatic N) is 2. The standard InChI is InChI=1S/C14H19N5O/c1-3-8-15-10(2)11-4-6-12(7-5-11)17-14(20)13-9-16-19-18-13/h4-7,9-10,15H,3,8H2,1-2H3,(H,17,20)(H,16,18,19). The number of benzene rings is 1. The van der Waals surface area contributed by atoms with E-state index in [0.717, 1.165) is 18.7 Å². The number of aromatic nitrogens is 3. The lowest BCUT2D eigenvalue weighted by Gasteiger charge is -2.14. The van der Waals surface area contributed by atoms with Gasteiger partial charge in [-0.15, -0.1) is 0 Å². The Morgan fingerprint density at radius 3 is 2.70 bits per heavy atom. The molecule has 1 atom stereocenters. The summed E-state index contributed by atoms with van der Waals surface area (Å²) in [4.78, 5) is 11.8. The van der Waals surface area contributed by atoms with E-state index in [1.807, 2.05) is 24.3 Å². The third kappa shape index (κ3) is 3.64. The minimum Gasteiger partial charge on any atom is -0.321 e. The first-order valence-electron chi connectivity index (χ1n) is 6.71. The number of rotatable bonds is 6. The van der Waals surface area contributed by atoms with Gasteiger partial charge >= 0.3 is 0 Å². The molecule has 0 aliphatic rings. The van der Waals surface area contributed by atoms with Crippen molar-refractivity contribution in [3.05, 3.63) is 41.7 Å². The maximum absolute atomic E-state index is 11.8. The molecule has 1 aromatic heterocycles. The molecule has 2 rings (SSSR count). The number of aromatic amines is 1. The van der Waals surface area contributed by atoms with Gasteiger partial charge in [0.15, 0.2) is 5.69 Å². The van der Waals surface area contributed by atoms with Gasteiger partial charge in [-0.1, -0.05) is 19.1 Å². The lowest BCUT2D eigenvalue weighted by Crippen LogP contribution is -2.19. The molecule has 6 heteroatoms. The SMILES string of the molecule is CCCNC(C)c1ccc(NC(=O)c2cn[nH]n2)cc1. The number of H-pyrrole nitrogens is 1. The molecular formula is C14H19N5O. The Labute approximate surface area is 118 Å². The second kappa shape index (κ2) is 6.81. The molecule has 3 N–H and O–H groups in total. The molecule has 0 aliphatic carbocycles. The molecule has 1 heterocycles. The van der Waals surface area contributed by atoms with Gasteiger partial charge in [-0.3, -0.25) is 4.79 Å². The molecule has 0 spiro atoms. The van der Waals surface area contributed by atoms with Gasteiger partial charge in [0.2, 0.25) is 0 Å². The third-order valence-electron chi connectivity index (χ3n) is 3.02. The highest BCUT2D eigenvalue weighted by Crippen LogP contribution is 2.16. The van der Waals surface area contributed by atoms with Crippen molar-refractivity contribution in [3.8, 4) is 0 Å². The second-order valence-corrected chi connectivity index (χ2v) is 4.61. The van der Waals surface area contributed by atoms with Crippen LogP contribution in [0.15, 0.2) is 30.5 Å². The van der Waals surface area contributed by atoms with E-state index in [-0.39, 0.29) is 11.6 Å². The van der Waals surface area contributed by atoms with Crippen LogP contribution in [0.25, 0.3) is 0 Å². The number of carbonyl (C=O) groups is 1. The molecule has 0 fully saturated rings. The van der Waals surface area contributed by atoms with E-state index in [9.17, 15) is 4.79 Å². The van der Waals surface area contributed by atoms with E-state index in [1.54, 1.807) is 0 Å². The van der Waals surface area contributed by atoms with Crippen LogP contribution < -0.4 is 10.6 Å². The highest BCUT2D eigenvalue weighted by atomic mass is 16.2. The van der Waals surface area contributed by atoms with E-state index in [0.29, 0.717) is 6.04 Å². The molecule has 106 valence electrons. The Morgan fingerprint density at radius 2 is 2.10 bits per heavy atom. The van der Waals surface area contributed by atoms with Crippen LogP contribution in [-0.2, 0) is 0 Å². The van der Waals surface area contributed by atoms with E-state index in [2.05, 4.69) is 39.9 Å². The van der Waals surface area contributed by atoms with E-state index in [1.165, 1.54) is 11.8 Å². The molecule has 1 unspecified atom stereocenters. The van der Waals surface area contributed by atoms with Crippen LogP contribution in [0.2, 0.25) is 0 Å². The lowest BCUT2D eigenvalue weighted by molar-refractivity contribution is 0.102. The van der Waals surface area contributed by atoms with Gasteiger partial charge in [-0.2, -0.15) is 15.4 Å². The fraction of sp³-hybridized carbons (Fsp3) is 0.357. The normalized spacial score (nSPS) is 12.1.